The summed E-state index contributed by atoms with van der Waals surface area (Å²) in [6.07, 6.45) is 7.94. The lowest BCUT2D eigenvalue weighted by Crippen LogP contribution is -2.42. The number of nitrogens with one attached hydrogen (secondary N) is 3. The molecule has 7 nitrogen and oxygen atoms in total. The Kier molecular flexibility index (Phi) is 4.70. The number of aromatic nitrogens is 1. The van der Waals surface area contributed by atoms with Gasteiger partial charge >= 0.3 is 0 Å². The lowest BCUT2D eigenvalue weighted by molar-refractivity contribution is -0.118. The van der Waals surface area contributed by atoms with Crippen LogP contribution in [0.5, 0.6) is 0 Å². The highest BCUT2D eigenvalue weighted by Gasteiger charge is 2.27. The minimum Gasteiger partial charge on any atom is -0.358 e. The van der Waals surface area contributed by atoms with Gasteiger partial charge in [-0.2, -0.15) is 5.10 Å². The van der Waals surface area contributed by atoms with Gasteiger partial charge in [0.2, 0.25) is 5.91 Å². The first-order chi connectivity index (χ1) is 13.1. The fourth-order valence-electron chi connectivity index (χ4n) is 4.23. The number of amides is 2. The third-order valence-electron chi connectivity index (χ3n) is 5.70. The summed E-state index contributed by atoms with van der Waals surface area (Å²) in [5.74, 6) is -0.255. The standard InChI is InChI=1S/C20H25N5O2/c1-2-15-14-10-22-25-19(26)13-8-12(9-16(24-15)17(13)14)23-20(27)18(21)11-6-4-3-5-7-11/h8-11,18,24H,2-7,21H2,1H3,(H,23,27)(H,25,26)/t18-/m1/s1. The Hall–Kier alpha value is -2.67. The van der Waals surface area contributed by atoms with Crippen LogP contribution in [0.2, 0.25) is 0 Å². The topological polar surface area (TPSA) is 112 Å². The van der Waals surface area contributed by atoms with E-state index in [0.29, 0.717) is 11.3 Å². The van der Waals surface area contributed by atoms with E-state index >= 15 is 0 Å². The van der Waals surface area contributed by atoms with E-state index in [0.717, 1.165) is 54.3 Å². The predicted molar refractivity (Wildman–Crippen MR) is 106 cm³/mol. The fourth-order valence-corrected chi connectivity index (χ4v) is 4.23. The number of hydrogen-bond acceptors (Lipinski definition) is 4. The summed E-state index contributed by atoms with van der Waals surface area (Å²) in [6.45, 7) is 2.04. The Morgan fingerprint density at radius 1 is 1.33 bits per heavy atom. The monoisotopic (exact) mass is 367 g/mol. The Morgan fingerprint density at radius 3 is 2.85 bits per heavy atom. The van der Waals surface area contributed by atoms with Crippen LogP contribution in [-0.4, -0.2) is 29.1 Å². The maximum Gasteiger partial charge on any atom is 0.272 e. The molecule has 7 heteroatoms. The van der Waals surface area contributed by atoms with Gasteiger partial charge in [-0.25, -0.2) is 5.43 Å². The number of H-pyrrole nitrogens is 1. The maximum atomic E-state index is 12.7. The van der Waals surface area contributed by atoms with Crippen LogP contribution in [0, 0.1) is 5.92 Å². The van der Waals surface area contributed by atoms with E-state index in [1.807, 2.05) is 13.0 Å². The highest BCUT2D eigenvalue weighted by atomic mass is 16.2. The fraction of sp³-hybridized carbons (Fsp3) is 0.450. The molecule has 27 heavy (non-hydrogen) atoms. The zero-order chi connectivity index (χ0) is 19.0. The van der Waals surface area contributed by atoms with Crippen LogP contribution < -0.4 is 16.5 Å². The van der Waals surface area contributed by atoms with Crippen molar-refractivity contribution in [3.05, 3.63) is 29.0 Å². The molecule has 1 aromatic heterocycles. The van der Waals surface area contributed by atoms with Crippen molar-refractivity contribution in [1.82, 2.24) is 10.4 Å². The number of nitrogens with two attached hydrogens (primary N) is 1. The normalized spacial score (nSPS) is 18.2. The highest BCUT2D eigenvalue weighted by molar-refractivity contribution is 6.16. The molecule has 1 aliphatic carbocycles. The molecular weight excluding hydrogens is 342 g/mol. The molecule has 4 rings (SSSR count). The number of nitrogens with zero attached hydrogens (tertiary/aromatic N) is 1. The number of hydrazone groups is 1. The van der Waals surface area contributed by atoms with Crippen LogP contribution >= 0.6 is 0 Å². The van der Waals surface area contributed by atoms with E-state index in [9.17, 15) is 9.59 Å². The minimum atomic E-state index is -0.525. The summed E-state index contributed by atoms with van der Waals surface area (Å²) in [5.41, 5.74) is 12.5. The third-order valence-corrected chi connectivity index (χ3v) is 5.70. The van der Waals surface area contributed by atoms with Gasteiger partial charge in [0.05, 0.1) is 17.8 Å². The Bertz CT molecular complexity index is 924. The first-order valence-electron chi connectivity index (χ1n) is 9.67. The number of carbonyl (C=O) groups excluding carboxylic acids is 2. The van der Waals surface area contributed by atoms with E-state index in [4.69, 9.17) is 5.73 Å². The Balaban J connectivity index is 1.66. The van der Waals surface area contributed by atoms with Crippen LogP contribution in [0.15, 0.2) is 17.2 Å². The van der Waals surface area contributed by atoms with Crippen molar-refractivity contribution in [1.29, 1.82) is 0 Å². The molecule has 1 atom stereocenters. The summed E-state index contributed by atoms with van der Waals surface area (Å²) in [5, 5.41) is 7.75. The number of aromatic amines is 1. The van der Waals surface area contributed by atoms with Crippen molar-refractivity contribution < 1.29 is 9.59 Å². The first-order valence-corrected chi connectivity index (χ1v) is 9.67. The van der Waals surface area contributed by atoms with Crippen molar-refractivity contribution in [2.24, 2.45) is 16.8 Å². The third kappa shape index (κ3) is 3.23. The lowest BCUT2D eigenvalue weighted by Gasteiger charge is -2.26. The number of carbonyl (C=O) groups is 2. The van der Waals surface area contributed by atoms with Crippen LogP contribution in [-0.2, 0) is 11.2 Å². The smallest absolute Gasteiger partial charge is 0.272 e. The number of aryl methyl sites for hydroxylation is 1. The molecule has 1 fully saturated rings. The van der Waals surface area contributed by atoms with Crippen molar-refractivity contribution in [2.45, 2.75) is 51.5 Å². The molecule has 0 bridgehead atoms. The molecule has 2 heterocycles. The molecule has 1 aromatic carbocycles. The van der Waals surface area contributed by atoms with E-state index in [1.165, 1.54) is 6.42 Å². The van der Waals surface area contributed by atoms with Gasteiger partial charge in [-0.3, -0.25) is 9.59 Å². The summed E-state index contributed by atoms with van der Waals surface area (Å²) in [7, 11) is 0. The molecule has 5 N–H and O–H groups in total. The lowest BCUT2D eigenvalue weighted by atomic mass is 9.84. The molecule has 0 spiro atoms. The second-order valence-corrected chi connectivity index (χ2v) is 7.43. The summed E-state index contributed by atoms with van der Waals surface area (Å²) >= 11 is 0. The molecule has 2 aromatic rings. The molecule has 1 saturated carbocycles. The first kappa shape index (κ1) is 17.7. The largest absolute Gasteiger partial charge is 0.358 e. The van der Waals surface area contributed by atoms with E-state index in [1.54, 1.807) is 12.3 Å². The minimum absolute atomic E-state index is 0.193. The maximum absolute atomic E-state index is 12.7. The quantitative estimate of drug-likeness (QED) is 0.666. The van der Waals surface area contributed by atoms with Crippen LogP contribution in [0.3, 0.4) is 0 Å². The molecule has 0 radical (unpaired) electrons. The van der Waals surface area contributed by atoms with Gasteiger partial charge < -0.3 is 16.0 Å². The van der Waals surface area contributed by atoms with Crippen LogP contribution in [0.1, 0.15) is 60.6 Å². The van der Waals surface area contributed by atoms with E-state index in [2.05, 4.69) is 20.8 Å². The number of rotatable bonds is 4. The zero-order valence-electron chi connectivity index (χ0n) is 15.5. The van der Waals surface area contributed by atoms with Gasteiger partial charge in [-0.15, -0.1) is 0 Å². The molecule has 0 saturated heterocycles. The highest BCUT2D eigenvalue weighted by Crippen LogP contribution is 2.31. The molecular formula is C20H25N5O2. The van der Waals surface area contributed by atoms with Crippen molar-refractivity contribution >= 4 is 34.6 Å². The molecule has 1 aliphatic heterocycles. The number of anilines is 1. The van der Waals surface area contributed by atoms with E-state index in [-0.39, 0.29) is 17.7 Å². The molecule has 2 amide bonds. The number of benzene rings is 1. The van der Waals surface area contributed by atoms with Gasteiger partial charge in [0, 0.05) is 27.8 Å². The van der Waals surface area contributed by atoms with E-state index < -0.39 is 6.04 Å². The van der Waals surface area contributed by atoms with Crippen molar-refractivity contribution in [3.63, 3.8) is 0 Å². The predicted octanol–water partition coefficient (Wildman–Crippen LogP) is 2.65. The SMILES string of the molecule is CCc1[nH]c2cc(NC(=O)[C@H](N)C3CCCCC3)cc3c2c1C=NNC3=O. The Morgan fingerprint density at radius 2 is 2.11 bits per heavy atom. The van der Waals surface area contributed by atoms with Gasteiger partial charge in [0.1, 0.15) is 0 Å². The summed E-state index contributed by atoms with van der Waals surface area (Å²) in [6, 6.07) is 3.04. The van der Waals surface area contributed by atoms with Gasteiger partial charge in [-0.1, -0.05) is 26.2 Å². The average molecular weight is 367 g/mol. The van der Waals surface area contributed by atoms with Gasteiger partial charge in [-0.05, 0) is 37.3 Å². The number of hydrogen-bond donors (Lipinski definition) is 4. The van der Waals surface area contributed by atoms with Gasteiger partial charge in [0.15, 0.2) is 0 Å². The average Bonchev–Trinajstić information content (AvgIpc) is 2.95. The zero-order valence-corrected chi connectivity index (χ0v) is 15.5. The molecule has 2 aliphatic rings. The van der Waals surface area contributed by atoms with Crippen molar-refractivity contribution in [3.8, 4) is 0 Å². The molecule has 142 valence electrons. The second kappa shape index (κ2) is 7.15. The Labute approximate surface area is 157 Å². The van der Waals surface area contributed by atoms with Crippen molar-refractivity contribution in [2.75, 3.05) is 5.32 Å². The molecule has 0 unspecified atom stereocenters. The summed E-state index contributed by atoms with van der Waals surface area (Å²) < 4.78 is 0. The second-order valence-electron chi connectivity index (χ2n) is 7.43. The summed E-state index contributed by atoms with van der Waals surface area (Å²) in [4.78, 5) is 28.4. The van der Waals surface area contributed by atoms with Crippen LogP contribution in [0.25, 0.3) is 10.9 Å². The van der Waals surface area contributed by atoms with Gasteiger partial charge in [0.25, 0.3) is 5.91 Å². The van der Waals surface area contributed by atoms with Crippen LogP contribution in [0.4, 0.5) is 5.69 Å².